The Labute approximate surface area is 185 Å². The predicted molar refractivity (Wildman–Crippen MR) is 120 cm³/mol. The Morgan fingerprint density at radius 3 is 2.81 bits per heavy atom. The third kappa shape index (κ3) is 3.37. The number of rotatable bonds is 5. The van der Waals surface area contributed by atoms with Gasteiger partial charge < -0.3 is 0 Å². The summed E-state index contributed by atoms with van der Waals surface area (Å²) in [4.78, 5) is 27.1. The topological polar surface area (TPSA) is 107 Å². The number of pyridine rings is 1. The Kier molecular flexibility index (Phi) is 4.95. The molecule has 0 atom stereocenters. The molecule has 1 N–H and O–H groups in total. The number of nitrogens with one attached hydrogen (secondary N) is 1. The fourth-order valence-electron chi connectivity index (χ4n) is 3.38. The average Bonchev–Trinajstić information content (AvgIpc) is 3.39. The van der Waals surface area contributed by atoms with Crippen molar-refractivity contribution < 1.29 is 0 Å². The summed E-state index contributed by atoms with van der Waals surface area (Å²) in [6.45, 7) is 3.98. The van der Waals surface area contributed by atoms with Crippen molar-refractivity contribution in [3.63, 3.8) is 0 Å². The van der Waals surface area contributed by atoms with Crippen LogP contribution in [0.4, 0.5) is 0 Å². The van der Waals surface area contributed by atoms with Crippen molar-refractivity contribution in [2.75, 3.05) is 5.75 Å². The molecule has 31 heavy (non-hydrogen) atoms. The highest BCUT2D eigenvalue weighted by Crippen LogP contribution is 2.28. The van der Waals surface area contributed by atoms with Gasteiger partial charge in [-0.15, -0.1) is 10.2 Å². The Morgan fingerprint density at radius 1 is 1.16 bits per heavy atom. The molecule has 0 aliphatic carbocycles. The van der Waals surface area contributed by atoms with E-state index in [1.807, 2.05) is 26.0 Å². The highest BCUT2D eigenvalue weighted by Gasteiger charge is 2.20. The molecule has 4 heterocycles. The number of halogens is 1. The largest absolute Gasteiger partial charge is 0.269 e. The zero-order valence-electron chi connectivity index (χ0n) is 16.7. The van der Waals surface area contributed by atoms with E-state index >= 15 is 0 Å². The summed E-state index contributed by atoms with van der Waals surface area (Å²) in [5.41, 5.74) is 1.55. The number of benzene rings is 1. The number of aryl methyl sites for hydroxylation is 1. The summed E-state index contributed by atoms with van der Waals surface area (Å²) >= 11 is 7.75. The van der Waals surface area contributed by atoms with Gasteiger partial charge in [0, 0.05) is 23.2 Å². The Bertz CT molecular complexity index is 1490. The van der Waals surface area contributed by atoms with Crippen LogP contribution in [0.15, 0.2) is 46.5 Å². The molecule has 4 aromatic heterocycles. The highest BCUT2D eigenvalue weighted by molar-refractivity contribution is 7.99. The second-order valence-corrected chi connectivity index (χ2v) is 8.36. The molecule has 5 aromatic rings. The van der Waals surface area contributed by atoms with Gasteiger partial charge in [-0.25, -0.2) is 10.1 Å². The Hall–Kier alpha value is -3.24. The molecule has 0 spiro atoms. The number of H-pyrrole nitrogens is 1. The van der Waals surface area contributed by atoms with Crippen LogP contribution >= 0.6 is 23.4 Å². The van der Waals surface area contributed by atoms with Crippen LogP contribution in [0.2, 0.25) is 5.02 Å². The van der Waals surface area contributed by atoms with Gasteiger partial charge in [0.05, 0.1) is 16.6 Å². The molecule has 0 bridgehead atoms. The summed E-state index contributed by atoms with van der Waals surface area (Å²) in [5.74, 6) is 2.24. The SMILES string of the molecule is CCSc1n[nH]c(-n2ccc3nc4nc(CC)nn4c(-c4cccc(Cl)c4)c3c2=O)n1. The molecule has 0 amide bonds. The van der Waals surface area contributed by atoms with Crippen molar-refractivity contribution in [1.29, 1.82) is 0 Å². The zero-order valence-corrected chi connectivity index (χ0v) is 18.3. The summed E-state index contributed by atoms with van der Waals surface area (Å²) in [6.07, 6.45) is 2.28. The molecule has 156 valence electrons. The molecular formula is C20H17ClN8OS. The minimum Gasteiger partial charge on any atom is -0.268 e. The van der Waals surface area contributed by atoms with Gasteiger partial charge in [0.2, 0.25) is 11.1 Å². The van der Waals surface area contributed by atoms with Gasteiger partial charge in [-0.2, -0.15) is 14.5 Å². The lowest BCUT2D eigenvalue weighted by Crippen LogP contribution is -2.21. The number of nitrogens with zero attached hydrogens (tertiary/aromatic N) is 7. The molecule has 9 nitrogen and oxygen atoms in total. The molecular weight excluding hydrogens is 436 g/mol. The van der Waals surface area contributed by atoms with E-state index in [1.165, 1.54) is 16.3 Å². The molecule has 1 aromatic carbocycles. The van der Waals surface area contributed by atoms with Gasteiger partial charge in [-0.05, 0) is 24.0 Å². The first-order valence-electron chi connectivity index (χ1n) is 9.71. The summed E-state index contributed by atoms with van der Waals surface area (Å²) in [6, 6.07) is 9.06. The Balaban J connectivity index is 1.86. The number of aromatic amines is 1. The first kappa shape index (κ1) is 19.7. The van der Waals surface area contributed by atoms with Gasteiger partial charge in [0.25, 0.3) is 11.3 Å². The maximum absolute atomic E-state index is 13.6. The van der Waals surface area contributed by atoms with Gasteiger partial charge in [-0.1, -0.05) is 49.3 Å². The van der Waals surface area contributed by atoms with Crippen LogP contribution < -0.4 is 5.56 Å². The quantitative estimate of drug-likeness (QED) is 0.406. The van der Waals surface area contributed by atoms with Crippen molar-refractivity contribution in [2.45, 2.75) is 25.4 Å². The summed E-state index contributed by atoms with van der Waals surface area (Å²) < 4.78 is 3.03. The first-order valence-corrected chi connectivity index (χ1v) is 11.1. The fourth-order valence-corrected chi connectivity index (χ4v) is 4.09. The fraction of sp³-hybridized carbons (Fsp3) is 0.200. The van der Waals surface area contributed by atoms with E-state index in [2.05, 4.69) is 30.2 Å². The van der Waals surface area contributed by atoms with Gasteiger partial charge in [-0.3, -0.25) is 9.36 Å². The van der Waals surface area contributed by atoms with Crippen LogP contribution in [-0.4, -0.2) is 45.1 Å². The molecule has 0 saturated carbocycles. The number of fused-ring (bicyclic) bond motifs is 2. The smallest absolute Gasteiger partial charge is 0.268 e. The lowest BCUT2D eigenvalue weighted by Gasteiger charge is -2.10. The molecule has 11 heteroatoms. The third-order valence-electron chi connectivity index (χ3n) is 4.74. The number of aromatic nitrogens is 8. The zero-order chi connectivity index (χ0) is 21.5. The molecule has 0 aliphatic rings. The van der Waals surface area contributed by atoms with E-state index < -0.39 is 0 Å². The van der Waals surface area contributed by atoms with Crippen LogP contribution in [0.25, 0.3) is 33.9 Å². The van der Waals surface area contributed by atoms with Crippen LogP contribution in [0.5, 0.6) is 0 Å². The van der Waals surface area contributed by atoms with Crippen molar-refractivity contribution in [3.05, 3.63) is 57.7 Å². The maximum Gasteiger partial charge on any atom is 0.269 e. The highest BCUT2D eigenvalue weighted by atomic mass is 35.5. The van der Waals surface area contributed by atoms with E-state index in [4.69, 9.17) is 11.6 Å². The minimum absolute atomic E-state index is 0.292. The number of hydrogen-bond donors (Lipinski definition) is 1. The van der Waals surface area contributed by atoms with Crippen LogP contribution in [0.3, 0.4) is 0 Å². The average molecular weight is 453 g/mol. The van der Waals surface area contributed by atoms with Crippen molar-refractivity contribution >= 4 is 40.0 Å². The second-order valence-electron chi connectivity index (χ2n) is 6.69. The van der Waals surface area contributed by atoms with Crippen LogP contribution in [0.1, 0.15) is 19.7 Å². The van der Waals surface area contributed by atoms with Crippen LogP contribution in [0, 0.1) is 0 Å². The Morgan fingerprint density at radius 2 is 2.03 bits per heavy atom. The van der Waals surface area contributed by atoms with E-state index in [9.17, 15) is 4.79 Å². The second kappa shape index (κ2) is 7.78. The maximum atomic E-state index is 13.6. The molecule has 0 radical (unpaired) electrons. The third-order valence-corrected chi connectivity index (χ3v) is 5.71. The van der Waals surface area contributed by atoms with Crippen molar-refractivity contribution in [3.8, 4) is 17.2 Å². The van der Waals surface area contributed by atoms with Crippen molar-refractivity contribution in [2.24, 2.45) is 0 Å². The minimum atomic E-state index is -0.292. The lowest BCUT2D eigenvalue weighted by atomic mass is 10.1. The van der Waals surface area contributed by atoms with Crippen molar-refractivity contribution in [1.82, 2.24) is 39.3 Å². The molecule has 0 aliphatic heterocycles. The van der Waals surface area contributed by atoms with Crippen LogP contribution in [-0.2, 0) is 6.42 Å². The molecule has 0 saturated heterocycles. The first-order chi connectivity index (χ1) is 15.1. The summed E-state index contributed by atoms with van der Waals surface area (Å²) in [7, 11) is 0. The van der Waals surface area contributed by atoms with Gasteiger partial charge >= 0.3 is 0 Å². The monoisotopic (exact) mass is 452 g/mol. The lowest BCUT2D eigenvalue weighted by molar-refractivity contribution is 0.880. The van der Waals surface area contributed by atoms with E-state index in [0.717, 1.165) is 11.3 Å². The standard InChI is InChI=1S/C20H17ClN8OS/c1-3-14-23-18-22-13-8-9-28(19-24-20(26-25-19)31-4-2)17(30)15(13)16(29(18)27-14)11-6-5-7-12(21)10-11/h5-10H,3-4H2,1-2H3,(H,24,25,26). The molecule has 0 unspecified atom stereocenters. The summed E-state index contributed by atoms with van der Waals surface area (Å²) in [5, 5.41) is 13.1. The predicted octanol–water partition coefficient (Wildman–Crippen LogP) is 3.54. The normalized spacial score (nSPS) is 11.6. The van der Waals surface area contributed by atoms with E-state index in [1.54, 1.807) is 28.9 Å². The molecule has 0 fully saturated rings. The van der Waals surface area contributed by atoms with E-state index in [-0.39, 0.29) is 5.56 Å². The van der Waals surface area contributed by atoms with E-state index in [0.29, 0.717) is 50.7 Å². The van der Waals surface area contributed by atoms with Gasteiger partial charge in [0.15, 0.2) is 5.82 Å². The van der Waals surface area contributed by atoms with Gasteiger partial charge in [0.1, 0.15) is 0 Å². The number of thioether (sulfide) groups is 1. The molecule has 5 rings (SSSR count). The number of hydrogen-bond acceptors (Lipinski definition) is 7.